The summed E-state index contributed by atoms with van der Waals surface area (Å²) in [5, 5.41) is 9.26. The highest BCUT2D eigenvalue weighted by Gasteiger charge is 2.24. The molecule has 1 saturated heterocycles. The number of aliphatic hydroxyl groups excluding tert-OH is 1. The fourth-order valence-corrected chi connectivity index (χ4v) is 2.18. The van der Waals surface area contributed by atoms with Crippen LogP contribution in [0.5, 0.6) is 0 Å². The van der Waals surface area contributed by atoms with Gasteiger partial charge in [0.15, 0.2) is 5.78 Å². The molecular weight excluding hydrogens is 218 g/mol. The number of hydrogen-bond acceptors (Lipinski definition) is 5. The maximum absolute atomic E-state index is 11.9. The largest absolute Gasteiger partial charge is 0.395 e. The number of rotatable bonds is 4. The topological polar surface area (TPSA) is 66.3 Å². The molecule has 0 amide bonds. The minimum absolute atomic E-state index is 0.0292. The molecule has 0 bridgehead atoms. The number of likely N-dealkylation sites (tertiary alicyclic amines) is 1. The lowest BCUT2D eigenvalue weighted by atomic mass is 10.0. The van der Waals surface area contributed by atoms with Gasteiger partial charge in [0.2, 0.25) is 0 Å². The van der Waals surface area contributed by atoms with Gasteiger partial charge in [0.05, 0.1) is 19.3 Å². The molecule has 1 atom stereocenters. The number of aliphatic hydroxyl groups is 1. The summed E-state index contributed by atoms with van der Waals surface area (Å²) in [6.07, 6.45) is 7.73. The van der Waals surface area contributed by atoms with Gasteiger partial charge in [-0.15, -0.1) is 0 Å². The average molecular weight is 235 g/mol. The van der Waals surface area contributed by atoms with Crippen molar-refractivity contribution in [3.8, 4) is 0 Å². The van der Waals surface area contributed by atoms with E-state index in [9.17, 15) is 9.90 Å². The van der Waals surface area contributed by atoms with Crippen LogP contribution in [0.15, 0.2) is 18.6 Å². The maximum atomic E-state index is 11.9. The molecule has 5 heteroatoms. The molecule has 92 valence electrons. The van der Waals surface area contributed by atoms with Crippen LogP contribution in [-0.2, 0) is 0 Å². The minimum Gasteiger partial charge on any atom is -0.395 e. The molecule has 5 nitrogen and oxygen atoms in total. The molecule has 2 heterocycles. The Bertz CT molecular complexity index is 369. The Kier molecular flexibility index (Phi) is 4.17. The second-order valence-corrected chi connectivity index (χ2v) is 4.32. The van der Waals surface area contributed by atoms with Gasteiger partial charge in [-0.1, -0.05) is 6.42 Å². The zero-order chi connectivity index (χ0) is 12.1. The Balaban J connectivity index is 1.98. The van der Waals surface area contributed by atoms with Crippen LogP contribution >= 0.6 is 0 Å². The molecule has 0 radical (unpaired) electrons. The van der Waals surface area contributed by atoms with Gasteiger partial charge in [-0.05, 0) is 19.4 Å². The lowest BCUT2D eigenvalue weighted by Crippen LogP contribution is -2.44. The van der Waals surface area contributed by atoms with Gasteiger partial charge < -0.3 is 5.11 Å². The molecule has 1 aromatic rings. The molecule has 1 aromatic heterocycles. The first-order valence-corrected chi connectivity index (χ1v) is 5.95. The van der Waals surface area contributed by atoms with Crippen molar-refractivity contribution in [3.05, 3.63) is 24.3 Å². The summed E-state index contributed by atoms with van der Waals surface area (Å²) >= 11 is 0. The number of piperidine rings is 1. The zero-order valence-electron chi connectivity index (χ0n) is 9.75. The average Bonchev–Trinajstić information content (AvgIpc) is 2.40. The molecule has 1 aliphatic rings. The number of aromatic nitrogens is 2. The third kappa shape index (κ3) is 3.08. The van der Waals surface area contributed by atoms with E-state index in [4.69, 9.17) is 0 Å². The van der Waals surface area contributed by atoms with Crippen molar-refractivity contribution in [2.45, 2.75) is 25.3 Å². The van der Waals surface area contributed by atoms with E-state index in [-0.39, 0.29) is 18.4 Å². The van der Waals surface area contributed by atoms with Crippen molar-refractivity contribution in [2.24, 2.45) is 0 Å². The third-order valence-electron chi connectivity index (χ3n) is 3.16. The van der Waals surface area contributed by atoms with Crippen LogP contribution in [0, 0.1) is 0 Å². The fourth-order valence-electron chi connectivity index (χ4n) is 2.18. The van der Waals surface area contributed by atoms with E-state index >= 15 is 0 Å². The van der Waals surface area contributed by atoms with E-state index < -0.39 is 0 Å². The highest BCUT2D eigenvalue weighted by atomic mass is 16.3. The molecule has 0 spiro atoms. The normalized spacial score (nSPS) is 21.4. The number of ketones is 1. The van der Waals surface area contributed by atoms with Crippen molar-refractivity contribution in [2.75, 3.05) is 19.7 Å². The van der Waals surface area contributed by atoms with Crippen molar-refractivity contribution in [3.63, 3.8) is 0 Å². The lowest BCUT2D eigenvalue weighted by Gasteiger charge is -2.33. The van der Waals surface area contributed by atoms with Crippen molar-refractivity contribution >= 4 is 5.78 Å². The molecule has 2 rings (SSSR count). The highest BCUT2D eigenvalue weighted by molar-refractivity contribution is 5.95. The van der Waals surface area contributed by atoms with Gasteiger partial charge in [0.1, 0.15) is 5.69 Å². The summed E-state index contributed by atoms with van der Waals surface area (Å²) in [6, 6.07) is 0.115. The Morgan fingerprint density at radius 1 is 1.47 bits per heavy atom. The fraction of sp³-hybridized carbons (Fsp3) is 0.583. The quantitative estimate of drug-likeness (QED) is 0.770. The van der Waals surface area contributed by atoms with E-state index in [1.807, 2.05) is 4.90 Å². The van der Waals surface area contributed by atoms with Gasteiger partial charge in [-0.25, -0.2) is 4.98 Å². The van der Waals surface area contributed by atoms with Crippen LogP contribution < -0.4 is 0 Å². The monoisotopic (exact) mass is 235 g/mol. The van der Waals surface area contributed by atoms with Crippen LogP contribution in [-0.4, -0.2) is 51.5 Å². The standard InChI is InChI=1S/C12H17N3O2/c16-9-10-3-1-2-6-15(10)8-12(17)11-7-13-4-5-14-11/h4-5,7,10,16H,1-3,6,8-9H2/t10-/m0/s1. The molecule has 0 aliphatic carbocycles. The van der Waals surface area contributed by atoms with Crippen LogP contribution in [0.25, 0.3) is 0 Å². The second-order valence-electron chi connectivity index (χ2n) is 4.32. The van der Waals surface area contributed by atoms with E-state index in [1.54, 1.807) is 6.20 Å². The summed E-state index contributed by atoms with van der Waals surface area (Å²) in [4.78, 5) is 21.9. The first-order chi connectivity index (χ1) is 8.31. The number of carbonyl (C=O) groups is 1. The van der Waals surface area contributed by atoms with E-state index in [0.717, 1.165) is 25.8 Å². The van der Waals surface area contributed by atoms with Gasteiger partial charge in [0.25, 0.3) is 0 Å². The molecule has 0 saturated carbocycles. The predicted molar refractivity (Wildman–Crippen MR) is 62.7 cm³/mol. The first-order valence-electron chi connectivity index (χ1n) is 5.95. The van der Waals surface area contributed by atoms with Crippen molar-refractivity contribution in [1.29, 1.82) is 0 Å². The molecule has 17 heavy (non-hydrogen) atoms. The molecule has 1 N–H and O–H groups in total. The third-order valence-corrected chi connectivity index (χ3v) is 3.16. The Morgan fingerprint density at radius 2 is 2.35 bits per heavy atom. The summed E-state index contributed by atoms with van der Waals surface area (Å²) < 4.78 is 0. The van der Waals surface area contributed by atoms with Crippen LogP contribution in [0.1, 0.15) is 29.8 Å². The highest BCUT2D eigenvalue weighted by Crippen LogP contribution is 2.16. The molecule has 1 fully saturated rings. The molecule has 0 unspecified atom stereocenters. The molecule has 1 aliphatic heterocycles. The van der Waals surface area contributed by atoms with Crippen LogP contribution in [0.3, 0.4) is 0 Å². The summed E-state index contributed by atoms with van der Waals surface area (Å²) in [7, 11) is 0. The summed E-state index contributed by atoms with van der Waals surface area (Å²) in [6.45, 7) is 1.31. The maximum Gasteiger partial charge on any atom is 0.196 e. The van der Waals surface area contributed by atoms with Crippen molar-refractivity contribution in [1.82, 2.24) is 14.9 Å². The second kappa shape index (κ2) is 5.84. The molecule has 0 aromatic carbocycles. The van der Waals surface area contributed by atoms with E-state index in [1.165, 1.54) is 12.4 Å². The first kappa shape index (κ1) is 12.1. The van der Waals surface area contributed by atoms with Gasteiger partial charge in [-0.3, -0.25) is 14.7 Å². The molecular formula is C12H17N3O2. The van der Waals surface area contributed by atoms with E-state index in [0.29, 0.717) is 12.2 Å². The van der Waals surface area contributed by atoms with Gasteiger partial charge in [0, 0.05) is 18.4 Å². The summed E-state index contributed by atoms with van der Waals surface area (Å²) in [5.41, 5.74) is 0.398. The predicted octanol–water partition coefficient (Wildman–Crippen LogP) is 0.506. The number of nitrogens with zero attached hydrogens (tertiary/aromatic N) is 3. The lowest BCUT2D eigenvalue weighted by molar-refractivity contribution is 0.0707. The number of Topliss-reactive ketones (excluding diaryl/α,β-unsaturated/α-hetero) is 1. The van der Waals surface area contributed by atoms with Crippen LogP contribution in [0.2, 0.25) is 0 Å². The van der Waals surface area contributed by atoms with Crippen molar-refractivity contribution < 1.29 is 9.90 Å². The smallest absolute Gasteiger partial charge is 0.196 e. The summed E-state index contributed by atoms with van der Waals surface area (Å²) in [5.74, 6) is -0.0292. The Labute approximate surface area is 100 Å². The van der Waals surface area contributed by atoms with Gasteiger partial charge in [-0.2, -0.15) is 0 Å². The van der Waals surface area contributed by atoms with Crippen LogP contribution in [0.4, 0.5) is 0 Å². The Hall–Kier alpha value is -1.33. The zero-order valence-corrected chi connectivity index (χ0v) is 9.75. The SMILES string of the molecule is O=C(CN1CCCC[C@H]1CO)c1cnccn1. The van der Waals surface area contributed by atoms with Gasteiger partial charge >= 0.3 is 0 Å². The number of carbonyl (C=O) groups excluding carboxylic acids is 1. The minimum atomic E-state index is -0.0292. The van der Waals surface area contributed by atoms with E-state index in [2.05, 4.69) is 9.97 Å². The number of hydrogen-bond donors (Lipinski definition) is 1. The Morgan fingerprint density at radius 3 is 3.06 bits per heavy atom.